The van der Waals surface area contributed by atoms with Gasteiger partial charge in [-0.25, -0.2) is 0 Å². The fraction of sp³-hybridized carbons (Fsp3) is 0.333. The van der Waals surface area contributed by atoms with Crippen molar-refractivity contribution in [3.63, 3.8) is 0 Å². The van der Waals surface area contributed by atoms with Crippen LogP contribution in [0.15, 0.2) is 84.9 Å². The van der Waals surface area contributed by atoms with Crippen molar-refractivity contribution in [3.05, 3.63) is 107 Å². The Morgan fingerprint density at radius 1 is 0.750 bits per heavy atom. The highest BCUT2D eigenvalue weighted by Gasteiger charge is 2.39. The van der Waals surface area contributed by atoms with E-state index in [1.165, 1.54) is 0 Å². The molecule has 3 rings (SSSR count). The Labute approximate surface area is 188 Å². The summed E-state index contributed by atoms with van der Waals surface area (Å²) in [7, 11) is 4.09. The lowest BCUT2D eigenvalue weighted by atomic mass is 9.77. The number of halogens is 3. The molecule has 32 heavy (non-hydrogen) atoms. The molecule has 5 heteroatoms. The Morgan fingerprint density at radius 2 is 1.28 bits per heavy atom. The van der Waals surface area contributed by atoms with Gasteiger partial charge in [0.25, 0.3) is 0 Å². The molecule has 170 valence electrons. The number of rotatable bonds is 8. The van der Waals surface area contributed by atoms with Gasteiger partial charge in [0.05, 0.1) is 26.2 Å². The second kappa shape index (κ2) is 9.47. The summed E-state index contributed by atoms with van der Waals surface area (Å²) >= 11 is 0. The average Bonchev–Trinajstić information content (AvgIpc) is 2.74. The smallest absolute Gasteiger partial charge is 0.384 e. The number of aliphatic hydroxyl groups is 1. The van der Waals surface area contributed by atoms with Gasteiger partial charge in [-0.2, -0.15) is 13.2 Å². The van der Waals surface area contributed by atoms with E-state index in [4.69, 9.17) is 0 Å². The fourth-order valence-electron chi connectivity index (χ4n) is 4.44. The minimum absolute atomic E-state index is 0.102. The summed E-state index contributed by atoms with van der Waals surface area (Å²) in [6.45, 7) is 3.26. The quantitative estimate of drug-likeness (QED) is 0.421. The van der Waals surface area contributed by atoms with Gasteiger partial charge in [-0.05, 0) is 23.3 Å². The van der Waals surface area contributed by atoms with Gasteiger partial charge in [0, 0.05) is 17.9 Å². The van der Waals surface area contributed by atoms with Gasteiger partial charge in [0.15, 0.2) is 0 Å². The standard InChI is InChI=1S/C27H31F3NO/c1-21(19-31(2,3)20-23-14-16-25(17-15-23)27(28,29)30)26(32,24-12-8-5-9-13-24)18-22-10-6-4-7-11-22/h4-17,21,32H,18-20H2,1-3H3/q+1/t21-,26+/m1/s1. The topological polar surface area (TPSA) is 20.2 Å². The molecular weight excluding hydrogens is 411 g/mol. The van der Waals surface area contributed by atoms with E-state index in [1.54, 1.807) is 12.1 Å². The van der Waals surface area contributed by atoms with Gasteiger partial charge in [0.2, 0.25) is 0 Å². The number of alkyl halides is 3. The average molecular weight is 443 g/mol. The first-order valence-corrected chi connectivity index (χ1v) is 10.8. The number of hydrogen-bond acceptors (Lipinski definition) is 1. The van der Waals surface area contributed by atoms with Crippen LogP contribution in [-0.4, -0.2) is 30.2 Å². The van der Waals surface area contributed by atoms with Crippen LogP contribution in [0.3, 0.4) is 0 Å². The third kappa shape index (κ3) is 5.99. The largest absolute Gasteiger partial charge is 0.416 e. The van der Waals surface area contributed by atoms with Crippen LogP contribution in [0.5, 0.6) is 0 Å². The zero-order chi connectivity index (χ0) is 23.4. The van der Waals surface area contributed by atoms with E-state index < -0.39 is 17.3 Å². The molecule has 0 amide bonds. The van der Waals surface area contributed by atoms with Gasteiger partial charge in [-0.1, -0.05) is 79.7 Å². The highest BCUT2D eigenvalue weighted by Crippen LogP contribution is 2.35. The molecule has 0 unspecified atom stereocenters. The van der Waals surface area contributed by atoms with Crippen LogP contribution in [0.2, 0.25) is 0 Å². The number of benzene rings is 3. The molecule has 0 aliphatic rings. The Bertz CT molecular complexity index is 985. The molecule has 2 nitrogen and oxygen atoms in total. The van der Waals surface area contributed by atoms with Crippen LogP contribution in [0.4, 0.5) is 13.2 Å². The molecule has 0 radical (unpaired) electrons. The summed E-state index contributed by atoms with van der Waals surface area (Å²) in [5.74, 6) is -0.102. The van der Waals surface area contributed by atoms with Crippen molar-refractivity contribution in [2.24, 2.45) is 5.92 Å². The third-order valence-electron chi connectivity index (χ3n) is 6.07. The van der Waals surface area contributed by atoms with E-state index in [9.17, 15) is 18.3 Å². The molecule has 0 aliphatic heterocycles. The molecule has 0 saturated heterocycles. The summed E-state index contributed by atoms with van der Waals surface area (Å²) in [6.07, 6.45) is -3.85. The summed E-state index contributed by atoms with van der Waals surface area (Å²) in [5.41, 5.74) is 1.05. The normalized spacial score (nSPS) is 15.2. The minimum Gasteiger partial charge on any atom is -0.384 e. The third-order valence-corrected chi connectivity index (χ3v) is 6.07. The molecule has 2 atom stereocenters. The molecular formula is C27H31F3NO+. The fourth-order valence-corrected chi connectivity index (χ4v) is 4.44. The van der Waals surface area contributed by atoms with E-state index in [1.807, 2.05) is 81.7 Å². The SMILES string of the molecule is C[C@H](C[N+](C)(C)Cc1ccc(C(F)(F)F)cc1)[C@@](O)(Cc1ccccc1)c1ccccc1. The molecule has 0 heterocycles. The summed E-state index contributed by atoms with van der Waals surface area (Å²) in [5, 5.41) is 11.9. The van der Waals surface area contributed by atoms with Crippen molar-refractivity contribution in [3.8, 4) is 0 Å². The van der Waals surface area contributed by atoms with Crippen molar-refractivity contribution >= 4 is 0 Å². The lowest BCUT2D eigenvalue weighted by Crippen LogP contribution is -2.49. The number of hydrogen-bond donors (Lipinski definition) is 1. The molecule has 0 bridgehead atoms. The lowest BCUT2D eigenvalue weighted by Gasteiger charge is -2.40. The summed E-state index contributed by atoms with van der Waals surface area (Å²) in [6, 6.07) is 25.0. The highest BCUT2D eigenvalue weighted by molar-refractivity contribution is 5.28. The molecule has 0 spiro atoms. The molecule has 0 saturated carbocycles. The van der Waals surface area contributed by atoms with Gasteiger partial charge < -0.3 is 9.59 Å². The van der Waals surface area contributed by atoms with Gasteiger partial charge in [0.1, 0.15) is 12.1 Å². The number of nitrogens with zero attached hydrogens (tertiary/aromatic N) is 1. The monoisotopic (exact) mass is 442 g/mol. The zero-order valence-corrected chi connectivity index (χ0v) is 18.8. The lowest BCUT2D eigenvalue weighted by molar-refractivity contribution is -0.907. The first-order chi connectivity index (χ1) is 15.0. The molecule has 3 aromatic carbocycles. The summed E-state index contributed by atoms with van der Waals surface area (Å²) < 4.78 is 39.1. The Morgan fingerprint density at radius 3 is 1.81 bits per heavy atom. The Balaban J connectivity index is 1.80. The summed E-state index contributed by atoms with van der Waals surface area (Å²) in [4.78, 5) is 0. The van der Waals surface area contributed by atoms with E-state index in [-0.39, 0.29) is 5.92 Å². The molecule has 0 aromatic heterocycles. The van der Waals surface area contributed by atoms with Crippen molar-refractivity contribution in [2.75, 3.05) is 20.6 Å². The van der Waals surface area contributed by atoms with E-state index in [2.05, 4.69) is 0 Å². The van der Waals surface area contributed by atoms with Crippen LogP contribution >= 0.6 is 0 Å². The first-order valence-electron chi connectivity index (χ1n) is 10.8. The second-order valence-electron chi connectivity index (χ2n) is 9.32. The van der Waals surface area contributed by atoms with Crippen molar-refractivity contribution in [1.82, 2.24) is 0 Å². The van der Waals surface area contributed by atoms with Crippen LogP contribution < -0.4 is 0 Å². The molecule has 0 aliphatic carbocycles. The molecule has 0 fully saturated rings. The van der Waals surface area contributed by atoms with Crippen LogP contribution in [0.25, 0.3) is 0 Å². The molecule has 1 N–H and O–H groups in total. The van der Waals surface area contributed by atoms with Crippen molar-refractivity contribution < 1.29 is 22.8 Å². The first kappa shape index (κ1) is 24.0. The Hall–Kier alpha value is -2.63. The van der Waals surface area contributed by atoms with Crippen LogP contribution in [0, 0.1) is 5.92 Å². The second-order valence-corrected chi connectivity index (χ2v) is 9.32. The predicted octanol–water partition coefficient (Wildman–Crippen LogP) is 6.05. The minimum atomic E-state index is -4.33. The maximum Gasteiger partial charge on any atom is 0.416 e. The maximum absolute atomic E-state index is 12.9. The molecule has 3 aromatic rings. The van der Waals surface area contributed by atoms with Gasteiger partial charge >= 0.3 is 6.18 Å². The van der Waals surface area contributed by atoms with Crippen molar-refractivity contribution in [1.29, 1.82) is 0 Å². The van der Waals surface area contributed by atoms with Crippen LogP contribution in [0.1, 0.15) is 29.2 Å². The number of quaternary nitrogens is 1. The van der Waals surface area contributed by atoms with Crippen molar-refractivity contribution in [2.45, 2.75) is 31.7 Å². The predicted molar refractivity (Wildman–Crippen MR) is 122 cm³/mol. The van der Waals surface area contributed by atoms with Crippen LogP contribution in [-0.2, 0) is 24.7 Å². The van der Waals surface area contributed by atoms with E-state index in [0.29, 0.717) is 24.0 Å². The Kier molecular flexibility index (Phi) is 7.11. The van der Waals surface area contributed by atoms with Gasteiger partial charge in [-0.15, -0.1) is 0 Å². The highest BCUT2D eigenvalue weighted by atomic mass is 19.4. The van der Waals surface area contributed by atoms with E-state index in [0.717, 1.165) is 28.8 Å². The maximum atomic E-state index is 12.9. The zero-order valence-electron chi connectivity index (χ0n) is 18.8. The van der Waals surface area contributed by atoms with Gasteiger partial charge in [-0.3, -0.25) is 0 Å². The van der Waals surface area contributed by atoms with E-state index >= 15 is 0 Å².